The molecule has 0 aromatic heterocycles. The third-order valence-electron chi connectivity index (χ3n) is 3.12. The van der Waals surface area contributed by atoms with Crippen LogP contribution < -0.4 is 0 Å². The minimum absolute atomic E-state index is 0.107. The van der Waals surface area contributed by atoms with Crippen molar-refractivity contribution >= 4 is 11.8 Å². The van der Waals surface area contributed by atoms with Gasteiger partial charge in [-0.1, -0.05) is 0 Å². The van der Waals surface area contributed by atoms with E-state index in [2.05, 4.69) is 6.92 Å². The van der Waals surface area contributed by atoms with Crippen LogP contribution >= 0.6 is 11.8 Å². The fourth-order valence-corrected chi connectivity index (χ4v) is 3.24. The van der Waals surface area contributed by atoms with Gasteiger partial charge in [-0.15, -0.1) is 11.8 Å². The number of hydrogen-bond donors (Lipinski definition) is 0. The summed E-state index contributed by atoms with van der Waals surface area (Å²) in [7, 11) is 3.40. The Morgan fingerprint density at radius 1 is 1.29 bits per heavy atom. The summed E-state index contributed by atoms with van der Waals surface area (Å²) in [6, 6.07) is 0. The first-order valence-electron chi connectivity index (χ1n) is 5.76. The first kappa shape index (κ1) is 13.2. The number of allylic oxidation sites excluding steroid dienone is 1. The van der Waals surface area contributed by atoms with E-state index in [1.54, 1.807) is 26.0 Å². The zero-order valence-corrected chi connectivity index (χ0v) is 11.5. The summed E-state index contributed by atoms with van der Waals surface area (Å²) in [6.45, 7) is 4.48. The van der Waals surface area contributed by atoms with Gasteiger partial charge in [0.05, 0.1) is 25.2 Å². The molecule has 0 spiro atoms. The van der Waals surface area contributed by atoms with Crippen LogP contribution in [0.2, 0.25) is 0 Å². The lowest BCUT2D eigenvalue weighted by molar-refractivity contribution is -0.0610. The Hall–Kier alpha value is -0.230. The Morgan fingerprint density at radius 2 is 2.00 bits per heavy atom. The van der Waals surface area contributed by atoms with Crippen molar-refractivity contribution in [1.29, 1.82) is 0 Å². The summed E-state index contributed by atoms with van der Waals surface area (Å²) < 4.78 is 22.4. The van der Waals surface area contributed by atoms with Gasteiger partial charge in [0.25, 0.3) is 0 Å². The van der Waals surface area contributed by atoms with Crippen LogP contribution in [0, 0.1) is 5.41 Å². The fraction of sp³-hybridized carbons (Fsp3) is 0.833. The van der Waals surface area contributed by atoms with Gasteiger partial charge in [-0.05, 0) is 6.92 Å². The average molecular weight is 260 g/mol. The van der Waals surface area contributed by atoms with Gasteiger partial charge in [-0.2, -0.15) is 0 Å². The zero-order valence-electron chi connectivity index (χ0n) is 10.7. The maximum Gasteiger partial charge on any atom is 0.135 e. The van der Waals surface area contributed by atoms with Crippen LogP contribution in [-0.2, 0) is 18.9 Å². The van der Waals surface area contributed by atoms with Crippen molar-refractivity contribution < 1.29 is 18.9 Å². The Balaban J connectivity index is 2.10. The Labute approximate surface area is 107 Å². The summed E-state index contributed by atoms with van der Waals surface area (Å²) >= 11 is 1.81. The average Bonchev–Trinajstić information content (AvgIpc) is 2.55. The number of fused-ring (bicyclic) bond motifs is 1. The van der Waals surface area contributed by atoms with Gasteiger partial charge in [0.1, 0.15) is 18.5 Å². The predicted molar refractivity (Wildman–Crippen MR) is 67.0 cm³/mol. The molecule has 2 aliphatic heterocycles. The van der Waals surface area contributed by atoms with Crippen molar-refractivity contribution in [2.45, 2.75) is 13.0 Å². The van der Waals surface area contributed by atoms with E-state index in [1.807, 2.05) is 0 Å². The van der Waals surface area contributed by atoms with Crippen molar-refractivity contribution in [3.8, 4) is 0 Å². The molecule has 2 rings (SSSR count). The highest BCUT2D eigenvalue weighted by Gasteiger charge is 2.39. The summed E-state index contributed by atoms with van der Waals surface area (Å²) in [5, 5.41) is 0. The smallest absolute Gasteiger partial charge is 0.135 e. The number of hydrogen-bond acceptors (Lipinski definition) is 5. The SMILES string of the molecule is COCC1(COC)COC2=C(C)SCC2OC1. The van der Waals surface area contributed by atoms with Gasteiger partial charge in [0.2, 0.25) is 0 Å². The Kier molecular flexibility index (Phi) is 4.36. The highest BCUT2D eigenvalue weighted by Crippen LogP contribution is 2.38. The second-order valence-electron chi connectivity index (χ2n) is 4.69. The molecule has 0 bridgehead atoms. The fourth-order valence-electron chi connectivity index (χ4n) is 2.26. The highest BCUT2D eigenvalue weighted by atomic mass is 32.2. The maximum atomic E-state index is 5.95. The maximum absolute atomic E-state index is 5.95. The van der Waals surface area contributed by atoms with Crippen LogP contribution in [-0.4, -0.2) is 52.5 Å². The molecule has 2 aliphatic rings. The van der Waals surface area contributed by atoms with Crippen LogP contribution in [0.3, 0.4) is 0 Å². The van der Waals surface area contributed by atoms with E-state index in [9.17, 15) is 0 Å². The molecule has 0 radical (unpaired) electrons. The third-order valence-corrected chi connectivity index (χ3v) is 4.22. The molecular weight excluding hydrogens is 240 g/mol. The molecule has 1 fully saturated rings. The monoisotopic (exact) mass is 260 g/mol. The van der Waals surface area contributed by atoms with Gasteiger partial charge in [-0.25, -0.2) is 0 Å². The highest BCUT2D eigenvalue weighted by molar-refractivity contribution is 8.03. The molecule has 5 heteroatoms. The largest absolute Gasteiger partial charge is 0.493 e. The Bertz CT molecular complexity index is 297. The molecule has 0 amide bonds. The third kappa shape index (κ3) is 2.78. The summed E-state index contributed by atoms with van der Waals surface area (Å²) in [4.78, 5) is 1.24. The molecule has 2 heterocycles. The second kappa shape index (κ2) is 5.61. The van der Waals surface area contributed by atoms with E-state index in [1.165, 1.54) is 4.91 Å². The van der Waals surface area contributed by atoms with Crippen molar-refractivity contribution in [1.82, 2.24) is 0 Å². The van der Waals surface area contributed by atoms with Crippen LogP contribution in [0.5, 0.6) is 0 Å². The summed E-state index contributed by atoms with van der Waals surface area (Å²) in [6.07, 6.45) is 0.107. The van der Waals surface area contributed by atoms with Gasteiger partial charge < -0.3 is 18.9 Å². The lowest BCUT2D eigenvalue weighted by Crippen LogP contribution is -2.39. The number of rotatable bonds is 4. The zero-order chi connectivity index (χ0) is 12.3. The number of ether oxygens (including phenoxy) is 4. The van der Waals surface area contributed by atoms with Crippen molar-refractivity contribution in [2.75, 3.05) is 46.4 Å². The quantitative estimate of drug-likeness (QED) is 0.768. The second-order valence-corrected chi connectivity index (χ2v) is 5.92. The van der Waals surface area contributed by atoms with E-state index < -0.39 is 0 Å². The van der Waals surface area contributed by atoms with Gasteiger partial charge in [0, 0.05) is 24.9 Å². The molecule has 0 aliphatic carbocycles. The lowest BCUT2D eigenvalue weighted by atomic mass is 9.92. The number of methoxy groups -OCH3 is 2. The first-order valence-corrected chi connectivity index (χ1v) is 6.75. The standard InChI is InChI=1S/C12H20O4S/c1-9-11-10(4-17-9)15-7-12(5-13-2,6-14-3)8-16-11/h10H,4-8H2,1-3H3. The van der Waals surface area contributed by atoms with Crippen LogP contribution in [0.4, 0.5) is 0 Å². The minimum atomic E-state index is -0.189. The lowest BCUT2D eigenvalue weighted by Gasteiger charge is -2.29. The minimum Gasteiger partial charge on any atom is -0.493 e. The van der Waals surface area contributed by atoms with Crippen LogP contribution in [0.1, 0.15) is 6.92 Å². The van der Waals surface area contributed by atoms with E-state index >= 15 is 0 Å². The van der Waals surface area contributed by atoms with E-state index in [0.29, 0.717) is 26.4 Å². The van der Waals surface area contributed by atoms with Gasteiger partial charge >= 0.3 is 0 Å². The van der Waals surface area contributed by atoms with E-state index in [4.69, 9.17) is 18.9 Å². The molecule has 1 atom stereocenters. The summed E-state index contributed by atoms with van der Waals surface area (Å²) in [5.74, 6) is 1.96. The van der Waals surface area contributed by atoms with Crippen LogP contribution in [0.25, 0.3) is 0 Å². The normalized spacial score (nSPS) is 27.6. The van der Waals surface area contributed by atoms with Crippen molar-refractivity contribution in [3.63, 3.8) is 0 Å². The van der Waals surface area contributed by atoms with E-state index in [0.717, 1.165) is 11.5 Å². The molecule has 0 N–H and O–H groups in total. The number of thioether (sulfide) groups is 1. The molecule has 4 nitrogen and oxygen atoms in total. The van der Waals surface area contributed by atoms with Gasteiger partial charge in [-0.3, -0.25) is 0 Å². The molecule has 0 aromatic carbocycles. The topological polar surface area (TPSA) is 36.9 Å². The van der Waals surface area contributed by atoms with Crippen molar-refractivity contribution in [3.05, 3.63) is 10.7 Å². The molecule has 17 heavy (non-hydrogen) atoms. The van der Waals surface area contributed by atoms with E-state index in [-0.39, 0.29) is 11.5 Å². The first-order chi connectivity index (χ1) is 8.21. The predicted octanol–water partition coefficient (Wildman–Crippen LogP) is 1.66. The summed E-state index contributed by atoms with van der Waals surface area (Å²) in [5.41, 5.74) is -0.189. The van der Waals surface area contributed by atoms with Gasteiger partial charge in [0.15, 0.2) is 0 Å². The molecule has 1 unspecified atom stereocenters. The molecule has 1 saturated heterocycles. The molecule has 0 aromatic rings. The Morgan fingerprint density at radius 3 is 2.65 bits per heavy atom. The van der Waals surface area contributed by atoms with Crippen LogP contribution in [0.15, 0.2) is 10.7 Å². The van der Waals surface area contributed by atoms with Crippen molar-refractivity contribution in [2.24, 2.45) is 5.41 Å². The molecule has 98 valence electrons. The molecule has 0 saturated carbocycles. The molecular formula is C12H20O4S.